The minimum absolute atomic E-state index is 0.166. The molecule has 0 heterocycles. The van der Waals surface area contributed by atoms with Crippen molar-refractivity contribution in [2.75, 3.05) is 47.5 Å². The van der Waals surface area contributed by atoms with E-state index in [1.54, 1.807) is 0 Å². The smallest absolute Gasteiger partial charge is 0.361 e. The van der Waals surface area contributed by atoms with E-state index in [0.717, 1.165) is 167 Å². The lowest BCUT2D eigenvalue weighted by Crippen LogP contribution is -2.40. The lowest BCUT2D eigenvalue weighted by molar-refractivity contribution is -0.870. The van der Waals surface area contributed by atoms with Gasteiger partial charge in [0.15, 0.2) is 6.10 Å². The second-order valence-corrected chi connectivity index (χ2v) is 22.3. The minimum atomic E-state index is -1.54. The summed E-state index contributed by atoms with van der Waals surface area (Å²) < 4.78 is 22.9. The molecule has 0 aromatic rings. The van der Waals surface area contributed by atoms with Crippen LogP contribution in [0.15, 0.2) is 207 Å². The van der Waals surface area contributed by atoms with Crippen LogP contribution in [0.25, 0.3) is 0 Å². The molecule has 2 atom stereocenters. The van der Waals surface area contributed by atoms with Gasteiger partial charge in [0.2, 0.25) is 0 Å². The number of carboxylic acid groups (broad SMARTS) is 1. The summed E-state index contributed by atoms with van der Waals surface area (Å²) in [6, 6.07) is 0. The molecule has 484 valence electrons. The third-order valence-electron chi connectivity index (χ3n) is 13.0. The topological polar surface area (TPSA) is 108 Å². The Morgan fingerprint density at radius 2 is 0.621 bits per heavy atom. The lowest BCUT2D eigenvalue weighted by atomic mass is 10.1. The van der Waals surface area contributed by atoms with Crippen molar-refractivity contribution in [3.05, 3.63) is 207 Å². The Balaban J connectivity index is 4.36. The molecule has 0 spiro atoms. The van der Waals surface area contributed by atoms with E-state index in [0.29, 0.717) is 23.9 Å². The average Bonchev–Trinajstić information content (AvgIpc) is 3.59. The highest BCUT2D eigenvalue weighted by Crippen LogP contribution is 2.13. The first-order valence-electron chi connectivity index (χ1n) is 33.2. The Bertz CT molecular complexity index is 2180. The molecule has 0 aliphatic heterocycles. The Labute approximate surface area is 531 Å². The van der Waals surface area contributed by atoms with Gasteiger partial charge < -0.3 is 28.5 Å². The third kappa shape index (κ3) is 67.2. The molecule has 0 saturated heterocycles. The van der Waals surface area contributed by atoms with Gasteiger partial charge in [0.1, 0.15) is 13.2 Å². The molecule has 0 rings (SSSR count). The van der Waals surface area contributed by atoms with Crippen molar-refractivity contribution in [3.63, 3.8) is 0 Å². The number of likely N-dealkylation sites (N-methyl/N-ethyl adjacent to an activating group) is 1. The van der Waals surface area contributed by atoms with Crippen molar-refractivity contribution in [2.24, 2.45) is 0 Å². The van der Waals surface area contributed by atoms with Crippen LogP contribution in [0.3, 0.4) is 0 Å². The summed E-state index contributed by atoms with van der Waals surface area (Å²) in [4.78, 5) is 37.6. The Morgan fingerprint density at radius 1 is 0.345 bits per heavy atom. The summed E-state index contributed by atoms with van der Waals surface area (Å²) in [6.07, 6.45) is 101. The molecule has 2 unspecified atom stereocenters. The van der Waals surface area contributed by atoms with Crippen LogP contribution < -0.4 is 0 Å². The predicted molar refractivity (Wildman–Crippen MR) is 372 cm³/mol. The molecule has 0 bridgehead atoms. The van der Waals surface area contributed by atoms with Gasteiger partial charge in [0.05, 0.1) is 34.4 Å². The maximum atomic E-state index is 12.9. The van der Waals surface area contributed by atoms with Crippen LogP contribution in [0.1, 0.15) is 206 Å². The monoisotopic (exact) mass is 1200 g/mol. The van der Waals surface area contributed by atoms with E-state index in [4.69, 9.17) is 18.9 Å². The van der Waals surface area contributed by atoms with E-state index in [-0.39, 0.29) is 38.6 Å². The molecular formula is C78H120NO8+. The van der Waals surface area contributed by atoms with Gasteiger partial charge in [-0.1, -0.05) is 253 Å². The number of rotatable bonds is 58. The molecule has 0 radical (unpaired) electrons. The van der Waals surface area contributed by atoms with Crippen LogP contribution in [0.4, 0.5) is 0 Å². The third-order valence-corrected chi connectivity index (χ3v) is 13.0. The standard InChI is InChI=1S/C78H119NO8/c1-6-8-10-12-14-16-18-20-22-24-26-28-30-32-34-36-37-38-39-41-43-45-47-49-51-53-55-57-59-61-63-65-67-69-76(81)87-74(73-86-78(77(82)83)84-71-70-79(3,4)5)72-85-75(80)68-66-64-62-60-58-56-54-52-50-48-46-44-42-40-35-33-31-29-27-25-23-21-19-17-15-13-11-9-7-2/h8-11,14-17,20-23,26-29,32-35,37-38,41-44,47-50,53-56,74,78H,6-7,12-13,18-19,24-25,30-31,36,39-40,45-46,51-52,57-73H2,1-5H3/p+1/b10-8-,11-9-,16-14-,17-15-,22-20-,23-21-,28-26-,29-27-,34-32-,35-33-,38-37-,43-41-,44-42-,49-47-,50-48-,55-53-,56-54-. The summed E-state index contributed by atoms with van der Waals surface area (Å²) in [5.74, 6) is -2.10. The van der Waals surface area contributed by atoms with Gasteiger partial charge in [-0.05, 0) is 148 Å². The van der Waals surface area contributed by atoms with Crippen LogP contribution >= 0.6 is 0 Å². The largest absolute Gasteiger partial charge is 0.477 e. The van der Waals surface area contributed by atoms with Gasteiger partial charge in [0.25, 0.3) is 6.29 Å². The van der Waals surface area contributed by atoms with E-state index in [1.807, 2.05) is 21.1 Å². The van der Waals surface area contributed by atoms with E-state index in [2.05, 4.69) is 220 Å². The van der Waals surface area contributed by atoms with Gasteiger partial charge in [-0.3, -0.25) is 9.59 Å². The zero-order valence-corrected chi connectivity index (χ0v) is 55.1. The highest BCUT2D eigenvalue weighted by molar-refractivity contribution is 5.71. The number of esters is 2. The lowest BCUT2D eigenvalue weighted by Gasteiger charge is -2.25. The molecule has 0 saturated carbocycles. The minimum Gasteiger partial charge on any atom is -0.477 e. The first kappa shape index (κ1) is 80.9. The Morgan fingerprint density at radius 3 is 0.920 bits per heavy atom. The SMILES string of the molecule is CC/C=C\C/C=C\C/C=C\C/C=C\C/C=C\C/C=C\C/C=C\C/C=C\C/C=C\CCCCCCCC(=O)OC(COC(=O)CCCCCC/C=C\C/C=C\C/C=C\C/C=C\C/C=C\C/C=C\C/C=C\C/C=C\CC)COC(OCC[N+](C)(C)C)C(=O)O. The van der Waals surface area contributed by atoms with E-state index >= 15 is 0 Å². The molecule has 0 fully saturated rings. The van der Waals surface area contributed by atoms with Crippen molar-refractivity contribution < 1.29 is 42.9 Å². The summed E-state index contributed by atoms with van der Waals surface area (Å²) >= 11 is 0. The Kier molecular flexibility index (Phi) is 61.2. The average molecular weight is 1200 g/mol. The molecule has 0 aliphatic carbocycles. The number of unbranched alkanes of at least 4 members (excludes halogenated alkanes) is 9. The maximum Gasteiger partial charge on any atom is 0.361 e. The van der Waals surface area contributed by atoms with Crippen molar-refractivity contribution in [1.29, 1.82) is 0 Å². The molecule has 87 heavy (non-hydrogen) atoms. The van der Waals surface area contributed by atoms with E-state index in [9.17, 15) is 19.5 Å². The number of hydrogen-bond donors (Lipinski definition) is 1. The number of hydrogen-bond acceptors (Lipinski definition) is 7. The zero-order valence-electron chi connectivity index (χ0n) is 55.1. The van der Waals surface area contributed by atoms with Gasteiger partial charge in [-0.25, -0.2) is 4.79 Å². The molecule has 0 amide bonds. The summed E-state index contributed by atoms with van der Waals surface area (Å²) in [6.45, 7) is 4.56. The second kappa shape index (κ2) is 65.8. The summed E-state index contributed by atoms with van der Waals surface area (Å²) in [5.41, 5.74) is 0. The fraction of sp³-hybridized carbons (Fsp3) is 0.526. The van der Waals surface area contributed by atoms with Crippen molar-refractivity contribution in [1.82, 2.24) is 0 Å². The number of aliphatic carboxylic acids is 1. The predicted octanol–water partition coefficient (Wildman–Crippen LogP) is 20.8. The van der Waals surface area contributed by atoms with E-state index in [1.165, 1.54) is 0 Å². The highest BCUT2D eigenvalue weighted by atomic mass is 16.7. The van der Waals surface area contributed by atoms with Crippen LogP contribution in [0.5, 0.6) is 0 Å². The Hall–Kier alpha value is -6.13. The van der Waals surface area contributed by atoms with Crippen LogP contribution in [0, 0.1) is 0 Å². The van der Waals surface area contributed by atoms with Crippen molar-refractivity contribution in [3.8, 4) is 0 Å². The second-order valence-electron chi connectivity index (χ2n) is 22.3. The van der Waals surface area contributed by atoms with Crippen molar-refractivity contribution in [2.45, 2.75) is 219 Å². The fourth-order valence-corrected chi connectivity index (χ4v) is 8.02. The van der Waals surface area contributed by atoms with Gasteiger partial charge in [0, 0.05) is 12.8 Å². The highest BCUT2D eigenvalue weighted by Gasteiger charge is 2.25. The number of ether oxygens (including phenoxy) is 4. The molecular weight excluding hydrogens is 1080 g/mol. The number of quaternary nitrogens is 1. The number of carboxylic acids is 1. The summed E-state index contributed by atoms with van der Waals surface area (Å²) in [5, 5.41) is 9.74. The number of nitrogens with zero attached hydrogens (tertiary/aromatic N) is 1. The van der Waals surface area contributed by atoms with Crippen LogP contribution in [-0.2, 0) is 33.3 Å². The molecule has 0 aromatic carbocycles. The molecule has 1 N–H and O–H groups in total. The number of carbonyl (C=O) groups is 3. The normalized spacial score (nSPS) is 14.1. The molecule has 0 aliphatic rings. The summed E-state index contributed by atoms with van der Waals surface area (Å²) in [7, 11) is 5.94. The molecule has 9 nitrogen and oxygen atoms in total. The van der Waals surface area contributed by atoms with Gasteiger partial charge in [-0.15, -0.1) is 0 Å². The van der Waals surface area contributed by atoms with Gasteiger partial charge >= 0.3 is 17.9 Å². The first-order valence-corrected chi connectivity index (χ1v) is 33.2. The number of allylic oxidation sites excluding steroid dienone is 34. The fourth-order valence-electron chi connectivity index (χ4n) is 8.02. The quantitative estimate of drug-likeness (QED) is 0.0211. The maximum absolute atomic E-state index is 12.9. The number of carbonyl (C=O) groups excluding carboxylic acids is 2. The van der Waals surface area contributed by atoms with Crippen molar-refractivity contribution >= 4 is 17.9 Å². The molecule has 0 aromatic heterocycles. The van der Waals surface area contributed by atoms with E-state index < -0.39 is 24.3 Å². The zero-order chi connectivity index (χ0) is 63.3. The van der Waals surface area contributed by atoms with Crippen LogP contribution in [0.2, 0.25) is 0 Å². The first-order chi connectivity index (χ1) is 42.6. The van der Waals surface area contributed by atoms with Gasteiger partial charge in [-0.2, -0.15) is 0 Å². The van der Waals surface area contributed by atoms with Crippen LogP contribution in [-0.4, -0.2) is 87.4 Å². The molecule has 9 heteroatoms.